The van der Waals surface area contributed by atoms with Gasteiger partial charge in [0, 0.05) is 35.7 Å². The van der Waals surface area contributed by atoms with Gasteiger partial charge < -0.3 is 10.2 Å². The summed E-state index contributed by atoms with van der Waals surface area (Å²) in [6.07, 6.45) is 7.43. The van der Waals surface area contributed by atoms with Gasteiger partial charge in [-0.05, 0) is 79.4 Å². The van der Waals surface area contributed by atoms with E-state index in [0.717, 1.165) is 32.1 Å². The number of hydrogen-bond acceptors (Lipinski definition) is 4. The Morgan fingerprint density at radius 1 is 1.11 bits per heavy atom. The van der Waals surface area contributed by atoms with Crippen LogP contribution in [0.1, 0.15) is 99.8 Å². The van der Waals surface area contributed by atoms with E-state index in [4.69, 9.17) is 5.11 Å². The highest BCUT2D eigenvalue weighted by Gasteiger charge is 2.71. The van der Waals surface area contributed by atoms with Crippen molar-refractivity contribution in [2.45, 2.75) is 106 Å². The molecule has 0 spiro atoms. The Morgan fingerprint density at radius 2 is 1.77 bits per heavy atom. The van der Waals surface area contributed by atoms with E-state index in [2.05, 4.69) is 27.7 Å². The van der Waals surface area contributed by atoms with Gasteiger partial charge in [0.15, 0.2) is 0 Å². The predicted octanol–water partition coefficient (Wildman–Crippen LogP) is 5.84. The van der Waals surface area contributed by atoms with Crippen molar-refractivity contribution in [2.24, 2.45) is 51.2 Å². The molecule has 0 aromatic carbocycles. The molecule has 5 heteroatoms. The van der Waals surface area contributed by atoms with Crippen molar-refractivity contribution in [3.63, 3.8) is 0 Å². The van der Waals surface area contributed by atoms with Crippen molar-refractivity contribution in [3.8, 4) is 0 Å². The lowest BCUT2D eigenvalue weighted by atomic mass is 9.37. The van der Waals surface area contributed by atoms with Gasteiger partial charge in [-0.2, -0.15) is 0 Å². The molecule has 2 N–H and O–H groups in total. The molecule has 196 valence electrons. The summed E-state index contributed by atoms with van der Waals surface area (Å²) < 4.78 is 0. The van der Waals surface area contributed by atoms with Crippen LogP contribution in [-0.4, -0.2) is 33.9 Å². The van der Waals surface area contributed by atoms with Gasteiger partial charge in [0.25, 0.3) is 0 Å². The fraction of sp³-hybridized carbons (Fsp3) is 0.833. The van der Waals surface area contributed by atoms with E-state index in [1.807, 2.05) is 19.9 Å². The fourth-order valence-electron chi connectivity index (χ4n) is 9.81. The normalized spacial score (nSPS) is 45.9. The number of Topliss-reactive ketones (excluding diaryl/α,β-unsaturated/α-hetero) is 2. The number of fused-ring (bicyclic) bond motifs is 5. The molecule has 5 nitrogen and oxygen atoms in total. The van der Waals surface area contributed by atoms with Crippen LogP contribution in [0, 0.1) is 51.2 Å². The number of carbonyl (C=O) groups is 3. The summed E-state index contributed by atoms with van der Waals surface area (Å²) in [6.45, 7) is 14.8. The molecule has 35 heavy (non-hydrogen) atoms. The Bertz CT molecular complexity index is 948. The van der Waals surface area contributed by atoms with Crippen LogP contribution in [0.4, 0.5) is 0 Å². The first-order valence-corrected chi connectivity index (χ1v) is 13.8. The molecule has 0 aromatic rings. The summed E-state index contributed by atoms with van der Waals surface area (Å²) in [5.41, 5.74) is -0.650. The third kappa shape index (κ3) is 3.69. The van der Waals surface area contributed by atoms with Crippen LogP contribution in [-0.2, 0) is 14.4 Å². The van der Waals surface area contributed by atoms with Crippen LogP contribution in [0.5, 0.6) is 0 Å². The van der Waals surface area contributed by atoms with Crippen molar-refractivity contribution in [1.82, 2.24) is 0 Å². The molecular formula is C30H46O5. The highest BCUT2D eigenvalue weighted by Crippen LogP contribution is 2.73. The topological polar surface area (TPSA) is 91.7 Å². The lowest BCUT2D eigenvalue weighted by molar-refractivity contribution is -0.214. The SMILES string of the molecule is C/C(=C\CC[C@@H](C)[C@H]1CC[C@@]2(C)[C@@H]3C(=O)C[C@H]4C(C)(C)C(=O)CC[C@]4(C)[C@H]3C(O)C[C@]12C)C(=O)O. The summed E-state index contributed by atoms with van der Waals surface area (Å²) in [6, 6.07) is 0. The van der Waals surface area contributed by atoms with Crippen molar-refractivity contribution < 1.29 is 24.6 Å². The first-order chi connectivity index (χ1) is 16.1. The summed E-state index contributed by atoms with van der Waals surface area (Å²) >= 11 is 0. The maximum Gasteiger partial charge on any atom is 0.330 e. The Balaban J connectivity index is 1.64. The van der Waals surface area contributed by atoms with Gasteiger partial charge in [0.1, 0.15) is 11.6 Å². The molecule has 0 amide bonds. The van der Waals surface area contributed by atoms with Gasteiger partial charge in [0.2, 0.25) is 0 Å². The first kappa shape index (κ1) is 26.6. The van der Waals surface area contributed by atoms with Crippen LogP contribution < -0.4 is 0 Å². The van der Waals surface area contributed by atoms with Gasteiger partial charge in [-0.15, -0.1) is 0 Å². The second-order valence-electron chi connectivity index (χ2n) is 13.9. The molecule has 1 unspecified atom stereocenters. The third-order valence-corrected chi connectivity index (χ3v) is 12.1. The van der Waals surface area contributed by atoms with Crippen molar-refractivity contribution in [2.75, 3.05) is 0 Å². The number of carboxylic acid groups (broad SMARTS) is 1. The first-order valence-electron chi connectivity index (χ1n) is 13.8. The van der Waals surface area contributed by atoms with Gasteiger partial charge in [-0.25, -0.2) is 4.79 Å². The summed E-state index contributed by atoms with van der Waals surface area (Å²) in [7, 11) is 0. The molecule has 0 aliphatic heterocycles. The van der Waals surface area contributed by atoms with E-state index in [1.54, 1.807) is 6.92 Å². The van der Waals surface area contributed by atoms with Crippen LogP contribution in [0.15, 0.2) is 11.6 Å². The van der Waals surface area contributed by atoms with Gasteiger partial charge >= 0.3 is 5.97 Å². The zero-order chi connectivity index (χ0) is 26.1. The van der Waals surface area contributed by atoms with E-state index in [1.165, 1.54) is 0 Å². The molecular weight excluding hydrogens is 440 g/mol. The Morgan fingerprint density at radius 3 is 2.40 bits per heavy atom. The molecule has 0 bridgehead atoms. The number of aliphatic hydroxyl groups is 1. The summed E-state index contributed by atoms with van der Waals surface area (Å²) in [4.78, 5) is 37.9. The van der Waals surface area contributed by atoms with Crippen LogP contribution in [0.2, 0.25) is 0 Å². The molecule has 4 fully saturated rings. The zero-order valence-corrected chi connectivity index (χ0v) is 22.8. The molecule has 0 aromatic heterocycles. The Labute approximate surface area is 211 Å². The minimum absolute atomic E-state index is 0.00649. The van der Waals surface area contributed by atoms with Crippen LogP contribution in [0.3, 0.4) is 0 Å². The zero-order valence-electron chi connectivity index (χ0n) is 22.8. The number of allylic oxidation sites excluding steroid dienone is 1. The predicted molar refractivity (Wildman–Crippen MR) is 136 cm³/mol. The number of ketones is 2. The number of rotatable bonds is 5. The molecule has 9 atom stereocenters. The summed E-state index contributed by atoms with van der Waals surface area (Å²) in [5.74, 6) is 0.182. The Kier molecular flexibility index (Phi) is 6.48. The van der Waals surface area contributed by atoms with Crippen molar-refractivity contribution in [1.29, 1.82) is 0 Å². The van der Waals surface area contributed by atoms with Gasteiger partial charge in [-0.3, -0.25) is 9.59 Å². The second kappa shape index (κ2) is 8.53. The molecule has 4 rings (SSSR count). The van der Waals surface area contributed by atoms with Gasteiger partial charge in [0.05, 0.1) is 6.10 Å². The minimum atomic E-state index is -0.866. The molecule has 0 heterocycles. The molecule has 4 aliphatic rings. The largest absolute Gasteiger partial charge is 0.478 e. The number of aliphatic carboxylic acids is 1. The number of carboxylic acids is 1. The average Bonchev–Trinajstić information content (AvgIpc) is 3.03. The molecule has 4 aliphatic carbocycles. The molecule has 4 saturated carbocycles. The van der Waals surface area contributed by atoms with E-state index in [0.29, 0.717) is 36.7 Å². The minimum Gasteiger partial charge on any atom is -0.478 e. The van der Waals surface area contributed by atoms with E-state index in [-0.39, 0.29) is 45.6 Å². The molecule has 0 saturated heterocycles. The number of aliphatic hydroxyl groups excluding tert-OH is 1. The second-order valence-corrected chi connectivity index (χ2v) is 13.9. The van der Waals surface area contributed by atoms with Crippen molar-refractivity contribution in [3.05, 3.63) is 11.6 Å². The van der Waals surface area contributed by atoms with Crippen molar-refractivity contribution >= 4 is 17.5 Å². The van der Waals surface area contributed by atoms with Crippen LogP contribution in [0.25, 0.3) is 0 Å². The van der Waals surface area contributed by atoms with E-state index >= 15 is 0 Å². The average molecular weight is 487 g/mol. The van der Waals surface area contributed by atoms with E-state index < -0.39 is 17.5 Å². The highest BCUT2D eigenvalue weighted by atomic mass is 16.4. The standard InChI is InChI=1S/C30H46O5/c1-17(9-8-10-18(2)26(34)35)19-11-14-29(6)25-20(31)15-22-27(3,4)23(33)12-13-28(22,5)24(25)21(32)16-30(19,29)7/h10,17,19,21-22,24-25,32H,8-9,11-16H2,1-7H3,(H,34,35)/b18-10+/t17-,19-,21?,22+,24+,25-,28+,29+,30-/m1/s1. The maximum absolute atomic E-state index is 14.0. The molecule has 0 radical (unpaired) electrons. The quantitative estimate of drug-likeness (QED) is 0.477. The number of carbonyl (C=O) groups excluding carboxylic acids is 2. The third-order valence-electron chi connectivity index (χ3n) is 12.1. The van der Waals surface area contributed by atoms with E-state index in [9.17, 15) is 19.5 Å². The monoisotopic (exact) mass is 486 g/mol. The fourth-order valence-corrected chi connectivity index (χ4v) is 9.81. The highest BCUT2D eigenvalue weighted by molar-refractivity contribution is 5.89. The lowest BCUT2D eigenvalue weighted by Crippen LogP contribution is -2.67. The van der Waals surface area contributed by atoms with Crippen LogP contribution >= 0.6 is 0 Å². The number of hydrogen-bond donors (Lipinski definition) is 2. The summed E-state index contributed by atoms with van der Waals surface area (Å²) in [5, 5.41) is 20.9. The Hall–Kier alpha value is -1.49. The lowest BCUT2D eigenvalue weighted by Gasteiger charge is -2.66. The maximum atomic E-state index is 14.0. The smallest absolute Gasteiger partial charge is 0.330 e. The van der Waals surface area contributed by atoms with Gasteiger partial charge in [-0.1, -0.05) is 47.6 Å².